The van der Waals surface area contributed by atoms with E-state index in [0.717, 1.165) is 22.7 Å². The van der Waals surface area contributed by atoms with Crippen molar-refractivity contribution < 1.29 is 9.47 Å². The van der Waals surface area contributed by atoms with Crippen molar-refractivity contribution in [3.63, 3.8) is 0 Å². The van der Waals surface area contributed by atoms with Gasteiger partial charge in [-0.25, -0.2) is 9.97 Å². The second-order valence-electron chi connectivity index (χ2n) is 5.28. The fourth-order valence-corrected chi connectivity index (χ4v) is 2.41. The van der Waals surface area contributed by atoms with Crippen molar-refractivity contribution in [2.75, 3.05) is 24.8 Å². The smallest absolute Gasteiger partial charge is 0.163 e. The van der Waals surface area contributed by atoms with E-state index in [1.807, 2.05) is 55.5 Å². The van der Waals surface area contributed by atoms with Crippen molar-refractivity contribution >= 4 is 17.3 Å². The summed E-state index contributed by atoms with van der Waals surface area (Å²) in [6.07, 6.45) is 0. The number of hydrogen-bond donors (Lipinski definition) is 2. The first-order valence-electron chi connectivity index (χ1n) is 7.97. The molecule has 0 aliphatic rings. The molecule has 0 saturated heterocycles. The summed E-state index contributed by atoms with van der Waals surface area (Å²) in [7, 11) is 1.63. The van der Waals surface area contributed by atoms with Gasteiger partial charge in [-0.2, -0.15) is 0 Å². The lowest BCUT2D eigenvalue weighted by Crippen LogP contribution is -2.02. The highest BCUT2D eigenvalue weighted by molar-refractivity contribution is 5.68. The third-order valence-corrected chi connectivity index (χ3v) is 3.54. The SMILES string of the molecule is CCOc1ccc(-c2nc(N)cc(Nc3ccccc3OC)n2)cc1. The lowest BCUT2D eigenvalue weighted by atomic mass is 10.2. The van der Waals surface area contributed by atoms with Crippen LogP contribution in [0.1, 0.15) is 6.92 Å². The molecule has 0 radical (unpaired) electrons. The summed E-state index contributed by atoms with van der Waals surface area (Å²) in [4.78, 5) is 8.87. The molecule has 0 bridgehead atoms. The van der Waals surface area contributed by atoms with Crippen LogP contribution in [0.2, 0.25) is 0 Å². The summed E-state index contributed by atoms with van der Waals surface area (Å²) in [5.41, 5.74) is 7.62. The Morgan fingerprint density at radius 2 is 1.80 bits per heavy atom. The Hall–Kier alpha value is -3.28. The van der Waals surface area contributed by atoms with Gasteiger partial charge in [0.15, 0.2) is 5.82 Å². The third-order valence-electron chi connectivity index (χ3n) is 3.54. The quantitative estimate of drug-likeness (QED) is 0.711. The minimum Gasteiger partial charge on any atom is -0.495 e. The lowest BCUT2D eigenvalue weighted by Gasteiger charge is -2.12. The molecular formula is C19H20N4O2. The van der Waals surface area contributed by atoms with Crippen LogP contribution in [0.3, 0.4) is 0 Å². The van der Waals surface area contributed by atoms with Crippen molar-refractivity contribution in [3.05, 3.63) is 54.6 Å². The van der Waals surface area contributed by atoms with Crippen LogP contribution in [0.25, 0.3) is 11.4 Å². The summed E-state index contributed by atoms with van der Waals surface area (Å²) >= 11 is 0. The lowest BCUT2D eigenvalue weighted by molar-refractivity contribution is 0.340. The molecule has 1 heterocycles. The van der Waals surface area contributed by atoms with Gasteiger partial charge in [0.2, 0.25) is 0 Å². The van der Waals surface area contributed by atoms with Crippen LogP contribution in [0.5, 0.6) is 11.5 Å². The van der Waals surface area contributed by atoms with Crippen LogP contribution in [0, 0.1) is 0 Å². The van der Waals surface area contributed by atoms with Gasteiger partial charge in [-0.05, 0) is 43.3 Å². The minimum atomic E-state index is 0.385. The topological polar surface area (TPSA) is 82.3 Å². The third kappa shape index (κ3) is 3.98. The van der Waals surface area contributed by atoms with Gasteiger partial charge in [-0.3, -0.25) is 0 Å². The van der Waals surface area contributed by atoms with Crippen molar-refractivity contribution in [1.82, 2.24) is 9.97 Å². The zero-order chi connectivity index (χ0) is 17.6. The maximum atomic E-state index is 5.95. The summed E-state index contributed by atoms with van der Waals surface area (Å²) in [5.74, 6) is 3.06. The predicted molar refractivity (Wildman–Crippen MR) is 99.3 cm³/mol. The molecule has 0 spiro atoms. The Morgan fingerprint density at radius 1 is 1.04 bits per heavy atom. The van der Waals surface area contributed by atoms with Gasteiger partial charge >= 0.3 is 0 Å². The Balaban J connectivity index is 1.90. The van der Waals surface area contributed by atoms with Crippen LogP contribution in [-0.4, -0.2) is 23.7 Å². The molecule has 25 heavy (non-hydrogen) atoms. The number of para-hydroxylation sites is 2. The van der Waals surface area contributed by atoms with Crippen molar-refractivity contribution in [2.24, 2.45) is 0 Å². The number of rotatable bonds is 6. The number of nitrogens with two attached hydrogens (primary N) is 1. The van der Waals surface area contributed by atoms with Gasteiger partial charge in [0.05, 0.1) is 19.4 Å². The number of benzene rings is 2. The number of ether oxygens (including phenoxy) is 2. The van der Waals surface area contributed by atoms with Crippen LogP contribution in [0.15, 0.2) is 54.6 Å². The predicted octanol–water partition coefficient (Wildman–Crippen LogP) is 3.88. The number of nitrogens with zero attached hydrogens (tertiary/aromatic N) is 2. The van der Waals surface area contributed by atoms with Gasteiger partial charge < -0.3 is 20.5 Å². The first-order chi connectivity index (χ1) is 12.2. The number of nitrogen functional groups attached to an aromatic ring is 1. The summed E-state index contributed by atoms with van der Waals surface area (Å²) in [6, 6.07) is 16.9. The Labute approximate surface area is 146 Å². The molecule has 0 aliphatic carbocycles. The molecule has 2 aromatic carbocycles. The van der Waals surface area contributed by atoms with Crippen molar-refractivity contribution in [1.29, 1.82) is 0 Å². The number of aromatic nitrogens is 2. The Bertz CT molecular complexity index is 850. The van der Waals surface area contributed by atoms with E-state index in [4.69, 9.17) is 15.2 Å². The zero-order valence-corrected chi connectivity index (χ0v) is 14.2. The Morgan fingerprint density at radius 3 is 2.52 bits per heavy atom. The normalized spacial score (nSPS) is 10.3. The molecule has 1 aromatic heterocycles. The van der Waals surface area contributed by atoms with Crippen molar-refractivity contribution in [3.8, 4) is 22.9 Å². The first kappa shape index (κ1) is 16.6. The van der Waals surface area contributed by atoms with E-state index in [1.54, 1.807) is 13.2 Å². The molecule has 0 saturated carbocycles. The maximum Gasteiger partial charge on any atom is 0.163 e. The van der Waals surface area contributed by atoms with Crippen LogP contribution in [-0.2, 0) is 0 Å². The zero-order valence-electron chi connectivity index (χ0n) is 14.2. The second kappa shape index (κ2) is 7.53. The number of nitrogens with one attached hydrogen (secondary N) is 1. The second-order valence-corrected chi connectivity index (χ2v) is 5.28. The number of anilines is 3. The van der Waals surface area contributed by atoms with E-state index in [0.29, 0.717) is 24.1 Å². The molecule has 0 aliphatic heterocycles. The highest BCUT2D eigenvalue weighted by Crippen LogP contribution is 2.28. The van der Waals surface area contributed by atoms with Gasteiger partial charge in [-0.15, -0.1) is 0 Å². The largest absolute Gasteiger partial charge is 0.495 e. The van der Waals surface area contributed by atoms with Crippen LogP contribution in [0.4, 0.5) is 17.3 Å². The summed E-state index contributed by atoms with van der Waals surface area (Å²) in [6.45, 7) is 2.58. The van der Waals surface area contributed by atoms with Gasteiger partial charge in [0.25, 0.3) is 0 Å². The monoisotopic (exact) mass is 336 g/mol. The molecule has 0 fully saturated rings. The van der Waals surface area contributed by atoms with E-state index in [-0.39, 0.29) is 0 Å². The summed E-state index contributed by atoms with van der Waals surface area (Å²) in [5, 5.41) is 3.23. The van der Waals surface area contributed by atoms with Crippen LogP contribution < -0.4 is 20.5 Å². The standard InChI is InChI=1S/C19H20N4O2/c1-3-25-14-10-8-13(9-11-14)19-22-17(20)12-18(23-19)21-15-6-4-5-7-16(15)24-2/h4-12H,3H2,1-2H3,(H3,20,21,22,23). The molecule has 6 heteroatoms. The number of methoxy groups -OCH3 is 1. The van der Waals surface area contributed by atoms with Gasteiger partial charge in [0.1, 0.15) is 23.1 Å². The molecule has 3 rings (SSSR count). The molecule has 0 amide bonds. The highest BCUT2D eigenvalue weighted by atomic mass is 16.5. The summed E-state index contributed by atoms with van der Waals surface area (Å²) < 4.78 is 10.8. The van der Waals surface area contributed by atoms with Gasteiger partial charge in [0, 0.05) is 11.6 Å². The van der Waals surface area contributed by atoms with Gasteiger partial charge in [-0.1, -0.05) is 12.1 Å². The number of hydrogen-bond acceptors (Lipinski definition) is 6. The minimum absolute atomic E-state index is 0.385. The molecule has 0 unspecified atom stereocenters. The highest BCUT2D eigenvalue weighted by Gasteiger charge is 2.08. The van der Waals surface area contributed by atoms with E-state index >= 15 is 0 Å². The first-order valence-corrected chi connectivity index (χ1v) is 7.97. The fourth-order valence-electron chi connectivity index (χ4n) is 2.41. The van der Waals surface area contributed by atoms with Crippen molar-refractivity contribution in [2.45, 2.75) is 6.92 Å². The van der Waals surface area contributed by atoms with E-state index in [2.05, 4.69) is 15.3 Å². The molecule has 128 valence electrons. The molecule has 0 atom stereocenters. The van der Waals surface area contributed by atoms with E-state index in [9.17, 15) is 0 Å². The van der Waals surface area contributed by atoms with E-state index in [1.165, 1.54) is 0 Å². The maximum absolute atomic E-state index is 5.95. The fraction of sp³-hybridized carbons (Fsp3) is 0.158. The van der Waals surface area contributed by atoms with E-state index < -0.39 is 0 Å². The molecule has 6 nitrogen and oxygen atoms in total. The average molecular weight is 336 g/mol. The average Bonchev–Trinajstić information content (AvgIpc) is 2.62. The molecule has 3 aromatic rings. The van der Waals surface area contributed by atoms with Crippen LogP contribution >= 0.6 is 0 Å². The molecular weight excluding hydrogens is 316 g/mol. The Kier molecular flexibility index (Phi) is 4.99. The molecule has 3 N–H and O–H groups in total.